The van der Waals surface area contributed by atoms with Gasteiger partial charge in [0.25, 0.3) is 5.91 Å². The molecule has 1 aliphatic heterocycles. The maximum absolute atomic E-state index is 12.8. The Morgan fingerprint density at radius 1 is 1.43 bits per heavy atom. The zero-order valence-corrected chi connectivity index (χ0v) is 13.8. The average molecular weight is 318 g/mol. The SMILES string of the molecule is Cc1ccc(C(=O)N2CCOC(C3CC3)C2)cc1OCCCN. The Bertz CT molecular complexity index is 557. The lowest BCUT2D eigenvalue weighted by atomic mass is 10.1. The van der Waals surface area contributed by atoms with Crippen LogP contribution in [0.4, 0.5) is 0 Å². The summed E-state index contributed by atoms with van der Waals surface area (Å²) in [6, 6.07) is 5.69. The molecule has 1 heterocycles. The third kappa shape index (κ3) is 4.03. The van der Waals surface area contributed by atoms with Crippen LogP contribution in [0.5, 0.6) is 5.75 Å². The van der Waals surface area contributed by atoms with Gasteiger partial charge in [0, 0.05) is 18.7 Å². The molecule has 1 aromatic rings. The van der Waals surface area contributed by atoms with Crippen molar-refractivity contribution in [1.82, 2.24) is 4.90 Å². The van der Waals surface area contributed by atoms with Crippen LogP contribution in [0, 0.1) is 12.8 Å². The van der Waals surface area contributed by atoms with Crippen molar-refractivity contribution in [2.75, 3.05) is 32.8 Å². The summed E-state index contributed by atoms with van der Waals surface area (Å²) < 4.78 is 11.5. The molecule has 1 saturated heterocycles. The Kier molecular flexibility index (Phi) is 5.18. The zero-order valence-electron chi connectivity index (χ0n) is 13.8. The molecule has 0 radical (unpaired) electrons. The summed E-state index contributed by atoms with van der Waals surface area (Å²) in [6.45, 7) is 5.19. The van der Waals surface area contributed by atoms with E-state index in [-0.39, 0.29) is 12.0 Å². The Labute approximate surface area is 137 Å². The molecule has 5 nitrogen and oxygen atoms in total. The lowest BCUT2D eigenvalue weighted by Crippen LogP contribution is -2.46. The second-order valence-corrected chi connectivity index (χ2v) is 6.47. The number of hydrogen-bond donors (Lipinski definition) is 1. The van der Waals surface area contributed by atoms with Crippen molar-refractivity contribution in [1.29, 1.82) is 0 Å². The molecule has 0 aromatic heterocycles. The molecule has 2 fully saturated rings. The predicted octanol–water partition coefficient (Wildman–Crippen LogP) is 1.97. The van der Waals surface area contributed by atoms with E-state index in [1.54, 1.807) is 0 Å². The summed E-state index contributed by atoms with van der Waals surface area (Å²) in [6.07, 6.45) is 3.50. The number of rotatable bonds is 6. The van der Waals surface area contributed by atoms with Gasteiger partial charge in [-0.1, -0.05) is 6.07 Å². The Morgan fingerprint density at radius 3 is 3.00 bits per heavy atom. The maximum atomic E-state index is 12.8. The number of morpholine rings is 1. The van der Waals surface area contributed by atoms with Crippen molar-refractivity contribution in [3.63, 3.8) is 0 Å². The molecule has 1 saturated carbocycles. The van der Waals surface area contributed by atoms with Gasteiger partial charge in [0.15, 0.2) is 0 Å². The number of carbonyl (C=O) groups excluding carboxylic acids is 1. The molecule has 1 unspecified atom stereocenters. The second kappa shape index (κ2) is 7.32. The van der Waals surface area contributed by atoms with E-state index in [1.165, 1.54) is 12.8 Å². The van der Waals surface area contributed by atoms with Gasteiger partial charge in [-0.3, -0.25) is 4.79 Å². The third-order valence-corrected chi connectivity index (χ3v) is 4.57. The first-order chi connectivity index (χ1) is 11.2. The molecule has 1 amide bonds. The van der Waals surface area contributed by atoms with Gasteiger partial charge < -0.3 is 20.1 Å². The van der Waals surface area contributed by atoms with Gasteiger partial charge >= 0.3 is 0 Å². The number of carbonyl (C=O) groups is 1. The van der Waals surface area contributed by atoms with Crippen LogP contribution in [0.3, 0.4) is 0 Å². The quantitative estimate of drug-likeness (QED) is 0.815. The van der Waals surface area contributed by atoms with Crippen molar-refractivity contribution in [2.24, 2.45) is 11.7 Å². The van der Waals surface area contributed by atoms with Crippen LogP contribution < -0.4 is 10.5 Å². The molecule has 2 N–H and O–H groups in total. The summed E-state index contributed by atoms with van der Waals surface area (Å²) in [5.74, 6) is 1.50. The first-order valence-electron chi connectivity index (χ1n) is 8.53. The smallest absolute Gasteiger partial charge is 0.254 e. The fourth-order valence-corrected chi connectivity index (χ4v) is 2.95. The standard InChI is InChI=1S/C18H26N2O3/c1-13-3-4-15(11-16(13)22-9-2-7-19)18(21)20-8-10-23-17(12-20)14-5-6-14/h3-4,11,14,17H,2,5-10,12,19H2,1H3. The van der Waals surface area contributed by atoms with Crippen LogP contribution >= 0.6 is 0 Å². The van der Waals surface area contributed by atoms with E-state index in [9.17, 15) is 4.79 Å². The molecular weight excluding hydrogens is 292 g/mol. The second-order valence-electron chi connectivity index (χ2n) is 6.47. The summed E-state index contributed by atoms with van der Waals surface area (Å²) >= 11 is 0. The number of nitrogens with zero attached hydrogens (tertiary/aromatic N) is 1. The molecule has 1 aromatic carbocycles. The van der Waals surface area contributed by atoms with Crippen LogP contribution in [-0.2, 0) is 4.74 Å². The van der Waals surface area contributed by atoms with E-state index < -0.39 is 0 Å². The van der Waals surface area contributed by atoms with Gasteiger partial charge in [0.2, 0.25) is 0 Å². The number of aryl methyl sites for hydroxylation is 1. The van der Waals surface area contributed by atoms with Crippen LogP contribution in [0.15, 0.2) is 18.2 Å². The van der Waals surface area contributed by atoms with E-state index >= 15 is 0 Å². The Hall–Kier alpha value is -1.59. The van der Waals surface area contributed by atoms with E-state index in [4.69, 9.17) is 15.2 Å². The summed E-state index contributed by atoms with van der Waals surface area (Å²) in [4.78, 5) is 14.7. The third-order valence-electron chi connectivity index (χ3n) is 4.57. The molecule has 0 bridgehead atoms. The zero-order chi connectivity index (χ0) is 16.2. The summed E-state index contributed by atoms with van der Waals surface area (Å²) in [5.41, 5.74) is 7.22. The first kappa shape index (κ1) is 16.3. The normalized spacial score (nSPS) is 21.3. The monoisotopic (exact) mass is 318 g/mol. The fraction of sp³-hybridized carbons (Fsp3) is 0.611. The minimum absolute atomic E-state index is 0.0719. The molecule has 1 atom stereocenters. The molecule has 0 spiro atoms. The van der Waals surface area contributed by atoms with Gasteiger partial charge in [0.1, 0.15) is 5.75 Å². The lowest BCUT2D eigenvalue weighted by molar-refractivity contribution is -0.0313. The molecule has 126 valence electrons. The van der Waals surface area contributed by atoms with E-state index in [2.05, 4.69) is 0 Å². The van der Waals surface area contributed by atoms with Crippen molar-refractivity contribution in [3.8, 4) is 5.75 Å². The van der Waals surface area contributed by atoms with E-state index in [0.29, 0.717) is 44.3 Å². The number of amides is 1. The highest BCUT2D eigenvalue weighted by Gasteiger charge is 2.36. The molecular formula is C18H26N2O3. The summed E-state index contributed by atoms with van der Waals surface area (Å²) in [5, 5.41) is 0. The highest BCUT2D eigenvalue weighted by Crippen LogP contribution is 2.36. The maximum Gasteiger partial charge on any atom is 0.254 e. The van der Waals surface area contributed by atoms with E-state index in [1.807, 2.05) is 30.0 Å². The first-order valence-corrected chi connectivity index (χ1v) is 8.53. The van der Waals surface area contributed by atoms with Crippen LogP contribution in [0.2, 0.25) is 0 Å². The van der Waals surface area contributed by atoms with Crippen LogP contribution in [0.1, 0.15) is 35.2 Å². The van der Waals surface area contributed by atoms with Crippen LogP contribution in [-0.4, -0.2) is 49.8 Å². The fourth-order valence-electron chi connectivity index (χ4n) is 2.95. The van der Waals surface area contributed by atoms with Crippen molar-refractivity contribution in [2.45, 2.75) is 32.3 Å². The minimum atomic E-state index is 0.0719. The average Bonchev–Trinajstić information content (AvgIpc) is 3.41. The number of benzene rings is 1. The predicted molar refractivity (Wildman–Crippen MR) is 88.7 cm³/mol. The van der Waals surface area contributed by atoms with Gasteiger partial charge in [-0.25, -0.2) is 0 Å². The van der Waals surface area contributed by atoms with Crippen LogP contribution in [0.25, 0.3) is 0 Å². The van der Waals surface area contributed by atoms with Gasteiger partial charge in [-0.15, -0.1) is 0 Å². The topological polar surface area (TPSA) is 64.8 Å². The highest BCUT2D eigenvalue weighted by atomic mass is 16.5. The van der Waals surface area contributed by atoms with Gasteiger partial charge in [0.05, 0.1) is 19.3 Å². The van der Waals surface area contributed by atoms with Gasteiger partial charge in [-0.05, 0) is 56.3 Å². The van der Waals surface area contributed by atoms with Crippen molar-refractivity contribution < 1.29 is 14.3 Å². The number of nitrogens with two attached hydrogens (primary N) is 1. The van der Waals surface area contributed by atoms with Gasteiger partial charge in [-0.2, -0.15) is 0 Å². The number of ether oxygens (including phenoxy) is 2. The molecule has 3 rings (SSSR count). The molecule has 2 aliphatic rings. The largest absolute Gasteiger partial charge is 0.493 e. The van der Waals surface area contributed by atoms with Crippen molar-refractivity contribution >= 4 is 5.91 Å². The van der Waals surface area contributed by atoms with E-state index in [0.717, 1.165) is 17.7 Å². The Balaban J connectivity index is 1.67. The minimum Gasteiger partial charge on any atom is -0.493 e. The molecule has 5 heteroatoms. The number of hydrogen-bond acceptors (Lipinski definition) is 4. The summed E-state index contributed by atoms with van der Waals surface area (Å²) in [7, 11) is 0. The Morgan fingerprint density at radius 2 is 2.26 bits per heavy atom. The lowest BCUT2D eigenvalue weighted by Gasteiger charge is -2.33. The van der Waals surface area contributed by atoms with Crippen molar-refractivity contribution in [3.05, 3.63) is 29.3 Å². The highest BCUT2D eigenvalue weighted by molar-refractivity contribution is 5.94. The molecule has 23 heavy (non-hydrogen) atoms. The molecule has 1 aliphatic carbocycles.